The Labute approximate surface area is 139 Å². The monoisotopic (exact) mass is 324 g/mol. The van der Waals surface area contributed by atoms with E-state index in [4.69, 9.17) is 9.47 Å². The molecule has 0 amide bonds. The molecule has 1 aliphatic rings. The van der Waals surface area contributed by atoms with Gasteiger partial charge in [0, 0.05) is 22.3 Å². The van der Waals surface area contributed by atoms with Crippen molar-refractivity contribution in [3.8, 4) is 11.5 Å². The standard InChI is InChI=1S/C19H16O5/c1-23-16-9-5-8-13(19(16)24-2)18(22)14-10-15(20)11-6-3-4-7-12(11)17(14)21/h3-10,18,22H,1-2H3/t18-/m0/s1. The highest BCUT2D eigenvalue weighted by Crippen LogP contribution is 2.39. The summed E-state index contributed by atoms with van der Waals surface area (Å²) < 4.78 is 10.5. The highest BCUT2D eigenvalue weighted by atomic mass is 16.5. The summed E-state index contributed by atoms with van der Waals surface area (Å²) in [7, 11) is 2.93. The van der Waals surface area contributed by atoms with Gasteiger partial charge < -0.3 is 14.6 Å². The minimum absolute atomic E-state index is 0.0188. The SMILES string of the molecule is COc1cccc([C@H](O)C2=CC(=O)c3ccccc3C2=O)c1OC. The first-order valence-electron chi connectivity index (χ1n) is 7.37. The summed E-state index contributed by atoms with van der Waals surface area (Å²) in [6, 6.07) is 11.6. The number of ether oxygens (including phenoxy) is 2. The van der Waals surface area contributed by atoms with Crippen LogP contribution in [0.2, 0.25) is 0 Å². The minimum Gasteiger partial charge on any atom is -0.493 e. The number of aliphatic hydroxyl groups excluding tert-OH is 1. The summed E-state index contributed by atoms with van der Waals surface area (Å²) in [5.74, 6) is 0.0841. The Bertz CT molecular complexity index is 851. The molecule has 0 saturated heterocycles. The van der Waals surface area contributed by atoms with Gasteiger partial charge in [0.2, 0.25) is 0 Å². The first kappa shape index (κ1) is 16.0. The Balaban J connectivity index is 2.08. The molecule has 3 rings (SSSR count). The molecule has 0 bridgehead atoms. The van der Waals surface area contributed by atoms with Crippen LogP contribution >= 0.6 is 0 Å². The number of para-hydroxylation sites is 1. The third-order valence-electron chi connectivity index (χ3n) is 4.01. The summed E-state index contributed by atoms with van der Waals surface area (Å²) in [4.78, 5) is 24.9. The Hall–Kier alpha value is -2.92. The Morgan fingerprint density at radius 2 is 1.62 bits per heavy atom. The highest BCUT2D eigenvalue weighted by Gasteiger charge is 2.31. The number of aliphatic hydroxyl groups is 1. The molecular weight excluding hydrogens is 308 g/mol. The van der Waals surface area contributed by atoms with Gasteiger partial charge in [0.1, 0.15) is 6.10 Å². The van der Waals surface area contributed by atoms with Gasteiger partial charge in [-0.25, -0.2) is 0 Å². The Kier molecular flexibility index (Phi) is 4.18. The van der Waals surface area contributed by atoms with Crippen molar-refractivity contribution >= 4 is 11.6 Å². The van der Waals surface area contributed by atoms with Gasteiger partial charge in [0.05, 0.1) is 14.2 Å². The summed E-state index contributed by atoms with van der Waals surface area (Å²) >= 11 is 0. The molecule has 0 saturated carbocycles. The van der Waals surface area contributed by atoms with Crippen LogP contribution in [0, 0.1) is 0 Å². The number of rotatable bonds is 4. The van der Waals surface area contributed by atoms with Crippen molar-refractivity contribution in [2.75, 3.05) is 14.2 Å². The molecule has 0 spiro atoms. The van der Waals surface area contributed by atoms with E-state index in [1.165, 1.54) is 20.3 Å². The number of allylic oxidation sites excluding steroid dienone is 1. The maximum Gasteiger partial charge on any atom is 0.192 e. The predicted octanol–water partition coefficient (Wildman–Crippen LogP) is 2.74. The van der Waals surface area contributed by atoms with Crippen LogP contribution in [-0.4, -0.2) is 30.9 Å². The fourth-order valence-electron chi connectivity index (χ4n) is 2.83. The molecule has 0 radical (unpaired) electrons. The molecule has 1 N–H and O–H groups in total. The molecule has 5 nitrogen and oxygen atoms in total. The maximum absolute atomic E-state index is 12.7. The summed E-state index contributed by atoms with van der Waals surface area (Å²) in [5.41, 5.74) is 1.02. The topological polar surface area (TPSA) is 72.8 Å². The van der Waals surface area contributed by atoms with E-state index in [1.54, 1.807) is 42.5 Å². The summed E-state index contributed by atoms with van der Waals surface area (Å²) in [6.07, 6.45) is -0.103. The molecule has 122 valence electrons. The lowest BCUT2D eigenvalue weighted by molar-refractivity contribution is 0.0945. The van der Waals surface area contributed by atoms with E-state index in [2.05, 4.69) is 0 Å². The maximum atomic E-state index is 12.7. The third kappa shape index (κ3) is 2.49. The van der Waals surface area contributed by atoms with Crippen molar-refractivity contribution in [1.82, 2.24) is 0 Å². The number of carbonyl (C=O) groups is 2. The number of hydrogen-bond donors (Lipinski definition) is 1. The van der Waals surface area contributed by atoms with Crippen LogP contribution in [0.5, 0.6) is 11.5 Å². The van der Waals surface area contributed by atoms with Gasteiger partial charge in [-0.1, -0.05) is 36.4 Å². The minimum atomic E-state index is -1.29. The van der Waals surface area contributed by atoms with Crippen LogP contribution < -0.4 is 9.47 Å². The van der Waals surface area contributed by atoms with E-state index in [0.29, 0.717) is 28.2 Å². The molecule has 0 fully saturated rings. The van der Waals surface area contributed by atoms with Crippen molar-refractivity contribution in [1.29, 1.82) is 0 Å². The molecule has 1 atom stereocenters. The van der Waals surface area contributed by atoms with Crippen molar-refractivity contribution in [3.63, 3.8) is 0 Å². The van der Waals surface area contributed by atoms with E-state index in [9.17, 15) is 14.7 Å². The average Bonchev–Trinajstić information content (AvgIpc) is 2.63. The molecule has 0 aromatic heterocycles. The number of methoxy groups -OCH3 is 2. The first-order valence-corrected chi connectivity index (χ1v) is 7.37. The van der Waals surface area contributed by atoms with Crippen LogP contribution in [-0.2, 0) is 0 Å². The second-order valence-corrected chi connectivity index (χ2v) is 5.32. The predicted molar refractivity (Wildman–Crippen MR) is 87.7 cm³/mol. The molecule has 1 aliphatic carbocycles. The molecule has 24 heavy (non-hydrogen) atoms. The number of ketones is 2. The molecule has 5 heteroatoms. The normalized spacial score (nSPS) is 14.7. The van der Waals surface area contributed by atoms with E-state index in [-0.39, 0.29) is 17.1 Å². The largest absolute Gasteiger partial charge is 0.493 e. The quantitative estimate of drug-likeness (QED) is 0.936. The second-order valence-electron chi connectivity index (χ2n) is 5.32. The lowest BCUT2D eigenvalue weighted by atomic mass is 9.85. The Morgan fingerprint density at radius 1 is 0.917 bits per heavy atom. The van der Waals surface area contributed by atoms with Gasteiger partial charge in [-0.2, -0.15) is 0 Å². The zero-order valence-electron chi connectivity index (χ0n) is 13.3. The molecule has 2 aromatic carbocycles. The van der Waals surface area contributed by atoms with E-state index < -0.39 is 6.10 Å². The lowest BCUT2D eigenvalue weighted by Gasteiger charge is -2.21. The number of benzene rings is 2. The number of fused-ring (bicyclic) bond motifs is 1. The van der Waals surface area contributed by atoms with Gasteiger partial charge in [0.25, 0.3) is 0 Å². The second kappa shape index (κ2) is 6.29. The van der Waals surface area contributed by atoms with E-state index >= 15 is 0 Å². The third-order valence-corrected chi connectivity index (χ3v) is 4.01. The number of carbonyl (C=O) groups excluding carboxylic acids is 2. The number of hydrogen-bond acceptors (Lipinski definition) is 5. The zero-order valence-corrected chi connectivity index (χ0v) is 13.3. The van der Waals surface area contributed by atoms with Gasteiger partial charge in [-0.05, 0) is 12.1 Å². The summed E-state index contributed by atoms with van der Waals surface area (Å²) in [6.45, 7) is 0. The van der Waals surface area contributed by atoms with Crippen molar-refractivity contribution < 1.29 is 24.2 Å². The highest BCUT2D eigenvalue weighted by molar-refractivity contribution is 6.24. The van der Waals surface area contributed by atoms with E-state index in [1.807, 2.05) is 0 Å². The molecule has 0 aliphatic heterocycles. The molecule has 0 heterocycles. The lowest BCUT2D eigenvalue weighted by Crippen LogP contribution is -2.21. The fraction of sp³-hybridized carbons (Fsp3) is 0.158. The van der Waals surface area contributed by atoms with Crippen molar-refractivity contribution in [2.24, 2.45) is 0 Å². The molecular formula is C19H16O5. The van der Waals surface area contributed by atoms with Crippen LogP contribution in [0.1, 0.15) is 32.4 Å². The van der Waals surface area contributed by atoms with Crippen LogP contribution in [0.3, 0.4) is 0 Å². The van der Waals surface area contributed by atoms with Crippen molar-refractivity contribution in [2.45, 2.75) is 6.10 Å². The van der Waals surface area contributed by atoms with Gasteiger partial charge in [-0.3, -0.25) is 9.59 Å². The van der Waals surface area contributed by atoms with Crippen LogP contribution in [0.4, 0.5) is 0 Å². The Morgan fingerprint density at radius 3 is 2.29 bits per heavy atom. The first-order chi connectivity index (χ1) is 11.6. The van der Waals surface area contributed by atoms with Gasteiger partial charge in [0.15, 0.2) is 23.1 Å². The van der Waals surface area contributed by atoms with Crippen LogP contribution in [0.25, 0.3) is 0 Å². The zero-order chi connectivity index (χ0) is 17.3. The molecule has 2 aromatic rings. The van der Waals surface area contributed by atoms with Gasteiger partial charge >= 0.3 is 0 Å². The summed E-state index contributed by atoms with van der Waals surface area (Å²) in [5, 5.41) is 10.7. The van der Waals surface area contributed by atoms with Crippen molar-refractivity contribution in [3.05, 3.63) is 70.8 Å². The average molecular weight is 324 g/mol. The molecule has 0 unspecified atom stereocenters. The van der Waals surface area contributed by atoms with Crippen LogP contribution in [0.15, 0.2) is 54.1 Å². The van der Waals surface area contributed by atoms with Gasteiger partial charge in [-0.15, -0.1) is 0 Å². The fourth-order valence-corrected chi connectivity index (χ4v) is 2.83. The number of Topliss-reactive ketones (excluding diaryl/α,β-unsaturated/α-hetero) is 1. The van der Waals surface area contributed by atoms with E-state index in [0.717, 1.165) is 0 Å². The smallest absolute Gasteiger partial charge is 0.192 e.